The molecule has 3 aromatic carbocycles. The van der Waals surface area contributed by atoms with Crippen LogP contribution in [0.3, 0.4) is 0 Å². The maximum atomic E-state index is 12.9. The molecule has 0 unspecified atom stereocenters. The molecule has 0 aliphatic carbocycles. The molecule has 0 spiro atoms. The van der Waals surface area contributed by atoms with Gasteiger partial charge in [-0.15, -0.1) is 0 Å². The van der Waals surface area contributed by atoms with Crippen LogP contribution in [0.25, 0.3) is 0 Å². The molecule has 146 valence electrons. The summed E-state index contributed by atoms with van der Waals surface area (Å²) < 4.78 is 10.5. The van der Waals surface area contributed by atoms with E-state index in [1.807, 2.05) is 0 Å². The molecule has 1 aliphatic heterocycles. The Labute approximate surface area is 167 Å². The lowest BCUT2D eigenvalue weighted by Gasteiger charge is -2.27. The number of ether oxygens (including phenoxy) is 2. The number of phenolic OH excluding ortho intramolecular Hbond substituents is 2. The van der Waals surface area contributed by atoms with Gasteiger partial charge in [-0.3, -0.25) is 9.59 Å². The van der Waals surface area contributed by atoms with Gasteiger partial charge in [-0.2, -0.15) is 0 Å². The van der Waals surface area contributed by atoms with Crippen LogP contribution in [0.4, 0.5) is 0 Å². The topological polar surface area (TPSA) is 93.1 Å². The van der Waals surface area contributed by atoms with E-state index in [2.05, 4.69) is 0 Å². The molecule has 2 N–H and O–H groups in total. The average Bonchev–Trinajstić information content (AvgIpc) is 2.74. The molecule has 0 aromatic heterocycles. The molecule has 6 nitrogen and oxygen atoms in total. The van der Waals surface area contributed by atoms with Gasteiger partial charge in [-0.25, -0.2) is 0 Å². The highest BCUT2D eigenvalue weighted by Gasteiger charge is 2.33. The molecular formula is C23H18O6. The molecule has 3 aromatic rings. The molecular weight excluding hydrogens is 372 g/mol. The first kappa shape index (κ1) is 18.6. The quantitative estimate of drug-likeness (QED) is 0.400. The van der Waals surface area contributed by atoms with E-state index in [9.17, 15) is 19.8 Å². The van der Waals surface area contributed by atoms with Crippen molar-refractivity contribution in [3.63, 3.8) is 0 Å². The molecule has 0 saturated carbocycles. The van der Waals surface area contributed by atoms with E-state index in [0.717, 1.165) is 0 Å². The third-order valence-corrected chi connectivity index (χ3v) is 5.01. The van der Waals surface area contributed by atoms with E-state index >= 15 is 0 Å². The minimum Gasteiger partial charge on any atom is -0.507 e. The number of hydrogen-bond acceptors (Lipinski definition) is 6. The maximum Gasteiger partial charge on any atom is 0.312 e. The van der Waals surface area contributed by atoms with Crippen LogP contribution >= 0.6 is 0 Å². The second kappa shape index (κ2) is 7.31. The summed E-state index contributed by atoms with van der Waals surface area (Å²) in [5.74, 6) is -1.13. The van der Waals surface area contributed by atoms with Crippen molar-refractivity contribution in [2.45, 2.75) is 12.3 Å². The minimum atomic E-state index is -0.552. The number of carbonyl (C=O) groups excluding carboxylic acids is 2. The van der Waals surface area contributed by atoms with Gasteiger partial charge < -0.3 is 19.7 Å². The van der Waals surface area contributed by atoms with Crippen LogP contribution in [0.2, 0.25) is 0 Å². The van der Waals surface area contributed by atoms with Crippen LogP contribution < -0.4 is 9.47 Å². The summed E-state index contributed by atoms with van der Waals surface area (Å²) in [6, 6.07) is 16.3. The monoisotopic (exact) mass is 390 g/mol. The number of hydrogen-bond donors (Lipinski definition) is 2. The molecule has 1 heterocycles. The Bertz CT molecular complexity index is 1100. The molecule has 1 aliphatic rings. The second-order valence-electron chi connectivity index (χ2n) is 6.73. The first-order valence-corrected chi connectivity index (χ1v) is 9.02. The molecule has 4 rings (SSSR count). The second-order valence-corrected chi connectivity index (χ2v) is 6.73. The summed E-state index contributed by atoms with van der Waals surface area (Å²) in [7, 11) is 1.43. The van der Waals surface area contributed by atoms with Crippen molar-refractivity contribution >= 4 is 11.8 Å². The SMILES string of the molecule is COc1cc([C@H]2CC(=O)Oc3ccc(C(=O)c4ccccc4)c(O)c32)ccc1O. The third kappa shape index (κ3) is 3.29. The van der Waals surface area contributed by atoms with E-state index in [4.69, 9.17) is 9.47 Å². The molecule has 0 bridgehead atoms. The first-order chi connectivity index (χ1) is 14.0. The lowest BCUT2D eigenvalue weighted by molar-refractivity contribution is -0.135. The van der Waals surface area contributed by atoms with Crippen LogP contribution in [-0.4, -0.2) is 29.1 Å². The van der Waals surface area contributed by atoms with Crippen LogP contribution in [0.5, 0.6) is 23.0 Å². The smallest absolute Gasteiger partial charge is 0.312 e. The molecule has 0 amide bonds. The molecule has 29 heavy (non-hydrogen) atoms. The molecule has 6 heteroatoms. The summed E-state index contributed by atoms with van der Waals surface area (Å²) in [6.07, 6.45) is -0.0164. The van der Waals surface area contributed by atoms with Crippen molar-refractivity contribution in [1.29, 1.82) is 0 Å². The van der Waals surface area contributed by atoms with Crippen molar-refractivity contribution < 1.29 is 29.3 Å². The largest absolute Gasteiger partial charge is 0.507 e. The minimum absolute atomic E-state index is 0.0164. The summed E-state index contributed by atoms with van der Waals surface area (Å²) in [5, 5.41) is 20.8. The lowest BCUT2D eigenvalue weighted by atomic mass is 9.84. The number of benzene rings is 3. The Morgan fingerprint density at radius 2 is 1.83 bits per heavy atom. The van der Waals surface area contributed by atoms with Crippen LogP contribution in [0, 0.1) is 0 Å². The molecule has 1 atom stereocenters. The number of aromatic hydroxyl groups is 2. The van der Waals surface area contributed by atoms with Crippen molar-refractivity contribution in [3.8, 4) is 23.0 Å². The predicted octanol–water partition coefficient (Wildman–Crippen LogP) is 3.78. The fraction of sp³-hybridized carbons (Fsp3) is 0.130. The summed E-state index contributed by atoms with van der Waals surface area (Å²) in [5.41, 5.74) is 1.58. The normalized spacial score (nSPS) is 15.3. The Hall–Kier alpha value is -3.80. The maximum absolute atomic E-state index is 12.9. The van der Waals surface area contributed by atoms with Crippen LogP contribution in [0.1, 0.15) is 39.4 Å². The van der Waals surface area contributed by atoms with Crippen LogP contribution in [0.15, 0.2) is 60.7 Å². The first-order valence-electron chi connectivity index (χ1n) is 9.02. The summed E-state index contributed by atoms with van der Waals surface area (Å²) >= 11 is 0. The summed E-state index contributed by atoms with van der Waals surface area (Å²) in [4.78, 5) is 25.0. The molecule has 0 radical (unpaired) electrons. The number of rotatable bonds is 4. The highest BCUT2D eigenvalue weighted by Crippen LogP contribution is 2.46. The van der Waals surface area contributed by atoms with Gasteiger partial charge >= 0.3 is 5.97 Å². The Balaban J connectivity index is 1.85. The van der Waals surface area contributed by atoms with Gasteiger partial charge in [0.15, 0.2) is 17.3 Å². The van der Waals surface area contributed by atoms with E-state index in [0.29, 0.717) is 16.7 Å². The average molecular weight is 390 g/mol. The fourth-order valence-electron chi connectivity index (χ4n) is 3.57. The van der Waals surface area contributed by atoms with Gasteiger partial charge in [-0.05, 0) is 29.8 Å². The zero-order valence-corrected chi connectivity index (χ0v) is 15.6. The van der Waals surface area contributed by atoms with Gasteiger partial charge in [0.2, 0.25) is 0 Å². The Kier molecular flexibility index (Phi) is 4.68. The number of ketones is 1. The predicted molar refractivity (Wildman–Crippen MR) is 105 cm³/mol. The zero-order valence-electron chi connectivity index (χ0n) is 15.6. The van der Waals surface area contributed by atoms with Gasteiger partial charge in [0.05, 0.1) is 19.1 Å². The third-order valence-electron chi connectivity index (χ3n) is 5.01. The van der Waals surface area contributed by atoms with Crippen molar-refractivity contribution in [2.75, 3.05) is 7.11 Å². The molecule has 0 saturated heterocycles. The van der Waals surface area contributed by atoms with E-state index in [1.165, 1.54) is 25.3 Å². The van der Waals surface area contributed by atoms with Gasteiger partial charge in [0, 0.05) is 17.0 Å². The number of phenols is 2. The van der Waals surface area contributed by atoms with Gasteiger partial charge in [-0.1, -0.05) is 36.4 Å². The summed E-state index contributed by atoms with van der Waals surface area (Å²) in [6.45, 7) is 0. The van der Waals surface area contributed by atoms with E-state index < -0.39 is 11.9 Å². The number of carbonyl (C=O) groups is 2. The lowest BCUT2D eigenvalue weighted by Crippen LogP contribution is -2.22. The van der Waals surface area contributed by atoms with Crippen molar-refractivity contribution in [2.24, 2.45) is 0 Å². The van der Waals surface area contributed by atoms with Crippen molar-refractivity contribution in [1.82, 2.24) is 0 Å². The zero-order chi connectivity index (χ0) is 20.5. The standard InChI is InChI=1S/C23H18O6/c1-28-19-11-14(7-9-17(19)24)16-12-20(25)29-18-10-8-15(23(27)21(16)18)22(26)13-5-3-2-4-6-13/h2-11,16,24,27H,12H2,1H3/t16-/m1/s1. The number of esters is 1. The Morgan fingerprint density at radius 1 is 1.07 bits per heavy atom. The van der Waals surface area contributed by atoms with Crippen molar-refractivity contribution in [3.05, 3.63) is 82.9 Å². The van der Waals surface area contributed by atoms with Gasteiger partial charge in [0.1, 0.15) is 11.5 Å². The van der Waals surface area contributed by atoms with E-state index in [1.54, 1.807) is 42.5 Å². The van der Waals surface area contributed by atoms with E-state index in [-0.39, 0.29) is 40.8 Å². The number of fused-ring (bicyclic) bond motifs is 1. The number of methoxy groups -OCH3 is 1. The van der Waals surface area contributed by atoms with Gasteiger partial charge in [0.25, 0.3) is 0 Å². The van der Waals surface area contributed by atoms with Crippen LogP contribution in [-0.2, 0) is 4.79 Å². The highest BCUT2D eigenvalue weighted by molar-refractivity contribution is 6.11. The Morgan fingerprint density at radius 3 is 2.55 bits per heavy atom. The highest BCUT2D eigenvalue weighted by atomic mass is 16.5. The molecule has 0 fully saturated rings. The fourth-order valence-corrected chi connectivity index (χ4v) is 3.57.